The largest absolute Gasteiger partial charge is 0.481 e. The Morgan fingerprint density at radius 3 is 2.29 bits per heavy atom. The molecule has 0 aliphatic heterocycles. The summed E-state index contributed by atoms with van der Waals surface area (Å²) in [6, 6.07) is 8.39. The van der Waals surface area contributed by atoms with Crippen molar-refractivity contribution in [1.29, 1.82) is 0 Å². The average molecular weight is 434 g/mol. The molecular formula is C19H16Cl2F3NO3. The Morgan fingerprint density at radius 1 is 1.07 bits per heavy atom. The number of hydrogen-bond donors (Lipinski definition) is 2. The Hall–Kier alpha value is -2.25. The fourth-order valence-electron chi connectivity index (χ4n) is 2.64. The van der Waals surface area contributed by atoms with Gasteiger partial charge in [-0.3, -0.25) is 9.59 Å². The first-order valence-electron chi connectivity index (χ1n) is 8.16. The van der Waals surface area contributed by atoms with E-state index in [9.17, 15) is 22.8 Å². The second-order valence-electron chi connectivity index (χ2n) is 6.15. The van der Waals surface area contributed by atoms with Gasteiger partial charge in [0.05, 0.1) is 28.5 Å². The lowest BCUT2D eigenvalue weighted by Crippen LogP contribution is -2.39. The number of aliphatic carboxylic acids is 1. The summed E-state index contributed by atoms with van der Waals surface area (Å²) in [7, 11) is 0. The number of amides is 1. The third-order valence-corrected chi connectivity index (χ3v) is 4.79. The van der Waals surface area contributed by atoms with E-state index in [-0.39, 0.29) is 24.3 Å². The molecule has 28 heavy (non-hydrogen) atoms. The summed E-state index contributed by atoms with van der Waals surface area (Å²) in [6.45, 7) is 0. The Labute approximate surface area is 169 Å². The van der Waals surface area contributed by atoms with Gasteiger partial charge in [0.25, 0.3) is 0 Å². The first-order valence-corrected chi connectivity index (χ1v) is 8.92. The second-order valence-corrected chi connectivity index (χ2v) is 6.94. The highest BCUT2D eigenvalue weighted by molar-refractivity contribution is 6.42. The van der Waals surface area contributed by atoms with Crippen molar-refractivity contribution in [3.63, 3.8) is 0 Å². The van der Waals surface area contributed by atoms with Crippen LogP contribution in [0.1, 0.15) is 23.1 Å². The average Bonchev–Trinajstić information content (AvgIpc) is 2.58. The van der Waals surface area contributed by atoms with E-state index in [0.717, 1.165) is 12.1 Å². The maximum Gasteiger partial charge on any atom is 0.416 e. The van der Waals surface area contributed by atoms with Crippen molar-refractivity contribution >= 4 is 35.1 Å². The van der Waals surface area contributed by atoms with Crippen LogP contribution in [0.3, 0.4) is 0 Å². The number of carbonyl (C=O) groups is 2. The highest BCUT2D eigenvalue weighted by Crippen LogP contribution is 2.29. The van der Waals surface area contributed by atoms with Crippen molar-refractivity contribution < 1.29 is 27.9 Å². The lowest BCUT2D eigenvalue weighted by molar-refractivity contribution is -0.138. The van der Waals surface area contributed by atoms with Crippen LogP contribution in [0, 0.1) is 0 Å². The van der Waals surface area contributed by atoms with Crippen molar-refractivity contribution in [3.8, 4) is 0 Å². The third-order valence-electron chi connectivity index (χ3n) is 3.93. The van der Waals surface area contributed by atoms with Gasteiger partial charge >= 0.3 is 12.1 Å². The zero-order chi connectivity index (χ0) is 20.9. The molecule has 0 radical (unpaired) electrons. The first-order chi connectivity index (χ1) is 13.1. The lowest BCUT2D eigenvalue weighted by atomic mass is 10.0. The van der Waals surface area contributed by atoms with Crippen molar-refractivity contribution in [2.75, 3.05) is 0 Å². The molecule has 4 nitrogen and oxygen atoms in total. The zero-order valence-electron chi connectivity index (χ0n) is 14.4. The summed E-state index contributed by atoms with van der Waals surface area (Å²) in [5.41, 5.74) is 0.154. The molecule has 0 saturated carbocycles. The molecule has 2 rings (SSSR count). The number of carboxylic acids is 1. The van der Waals surface area contributed by atoms with Crippen molar-refractivity contribution in [2.24, 2.45) is 0 Å². The normalized spacial score (nSPS) is 12.5. The fraction of sp³-hybridized carbons (Fsp3) is 0.263. The summed E-state index contributed by atoms with van der Waals surface area (Å²) in [5, 5.41) is 12.2. The van der Waals surface area contributed by atoms with Gasteiger partial charge in [-0.25, -0.2) is 0 Å². The minimum atomic E-state index is -4.45. The number of halogens is 5. The molecule has 0 fully saturated rings. The number of alkyl halides is 3. The van der Waals surface area contributed by atoms with Gasteiger partial charge < -0.3 is 10.4 Å². The maximum absolute atomic E-state index is 12.6. The number of hydrogen-bond acceptors (Lipinski definition) is 2. The molecule has 2 aromatic carbocycles. The van der Waals surface area contributed by atoms with Gasteiger partial charge in [0.1, 0.15) is 0 Å². The molecule has 0 aromatic heterocycles. The molecule has 0 aliphatic rings. The standard InChI is InChI=1S/C19H16Cl2F3NO3/c20-15-3-1-2-12(18(15)21)9-16(26)25-14(10-17(27)28)8-11-4-6-13(7-5-11)19(22,23)24/h1-7,14H,8-10H2,(H,25,26)(H,27,28)/t14-/m0/s1. The molecule has 0 aliphatic carbocycles. The van der Waals surface area contributed by atoms with E-state index in [1.165, 1.54) is 12.1 Å². The molecular weight excluding hydrogens is 418 g/mol. The molecule has 0 saturated heterocycles. The van der Waals surface area contributed by atoms with E-state index in [2.05, 4.69) is 5.32 Å². The molecule has 1 amide bonds. The van der Waals surface area contributed by atoms with Crippen LogP contribution in [0.5, 0.6) is 0 Å². The Bertz CT molecular complexity index is 854. The third kappa shape index (κ3) is 6.42. The van der Waals surface area contributed by atoms with Crippen LogP contribution in [0.25, 0.3) is 0 Å². The minimum absolute atomic E-state index is 0.0689. The monoisotopic (exact) mass is 433 g/mol. The van der Waals surface area contributed by atoms with Crippen LogP contribution < -0.4 is 5.32 Å². The first kappa shape index (κ1) is 22.0. The lowest BCUT2D eigenvalue weighted by Gasteiger charge is -2.18. The van der Waals surface area contributed by atoms with Gasteiger partial charge in [-0.1, -0.05) is 47.5 Å². The van der Waals surface area contributed by atoms with Gasteiger partial charge in [-0.05, 0) is 35.7 Å². The van der Waals surface area contributed by atoms with Crippen LogP contribution in [0.4, 0.5) is 13.2 Å². The van der Waals surface area contributed by atoms with Gasteiger partial charge in [-0.2, -0.15) is 13.2 Å². The molecule has 1 atom stereocenters. The van der Waals surface area contributed by atoms with Crippen LogP contribution in [0.15, 0.2) is 42.5 Å². The topological polar surface area (TPSA) is 66.4 Å². The number of benzene rings is 2. The zero-order valence-corrected chi connectivity index (χ0v) is 15.9. The molecule has 2 N–H and O–H groups in total. The Kier molecular flexibility index (Phi) is 7.32. The molecule has 150 valence electrons. The van der Waals surface area contributed by atoms with E-state index >= 15 is 0 Å². The van der Waals surface area contributed by atoms with Crippen molar-refractivity contribution in [3.05, 3.63) is 69.2 Å². The number of nitrogens with one attached hydrogen (secondary N) is 1. The van der Waals surface area contributed by atoms with E-state index in [4.69, 9.17) is 28.3 Å². The van der Waals surface area contributed by atoms with E-state index in [0.29, 0.717) is 16.1 Å². The SMILES string of the molecule is O=C(O)C[C@H](Cc1ccc(C(F)(F)F)cc1)NC(=O)Cc1cccc(Cl)c1Cl. The van der Waals surface area contributed by atoms with E-state index in [1.807, 2.05) is 0 Å². The van der Waals surface area contributed by atoms with Gasteiger partial charge in [-0.15, -0.1) is 0 Å². The summed E-state index contributed by atoms with van der Waals surface area (Å²) in [4.78, 5) is 23.4. The fourth-order valence-corrected chi connectivity index (χ4v) is 3.02. The molecule has 2 aromatic rings. The summed E-state index contributed by atoms with van der Waals surface area (Å²) in [6.07, 6.45) is -4.87. The highest BCUT2D eigenvalue weighted by atomic mass is 35.5. The van der Waals surface area contributed by atoms with Crippen molar-refractivity contribution in [2.45, 2.75) is 31.5 Å². The molecule has 0 bridgehead atoms. The molecule has 0 unspecified atom stereocenters. The molecule has 0 heterocycles. The van der Waals surface area contributed by atoms with Crippen LogP contribution in [0.2, 0.25) is 10.0 Å². The predicted molar refractivity (Wildman–Crippen MR) is 99.5 cm³/mol. The van der Waals surface area contributed by atoms with E-state index in [1.54, 1.807) is 18.2 Å². The summed E-state index contributed by atoms with van der Waals surface area (Å²) >= 11 is 11.9. The molecule has 9 heteroatoms. The van der Waals surface area contributed by atoms with Gasteiger partial charge in [0, 0.05) is 6.04 Å². The maximum atomic E-state index is 12.6. The van der Waals surface area contributed by atoms with Crippen LogP contribution in [-0.2, 0) is 28.6 Å². The van der Waals surface area contributed by atoms with Crippen molar-refractivity contribution in [1.82, 2.24) is 5.32 Å². The number of carbonyl (C=O) groups excluding carboxylic acids is 1. The van der Waals surface area contributed by atoms with Gasteiger partial charge in [0.15, 0.2) is 0 Å². The smallest absolute Gasteiger partial charge is 0.416 e. The predicted octanol–water partition coefficient (Wildman–Crippen LogP) is 4.76. The number of rotatable bonds is 7. The minimum Gasteiger partial charge on any atom is -0.481 e. The van der Waals surface area contributed by atoms with E-state index < -0.39 is 29.7 Å². The highest BCUT2D eigenvalue weighted by Gasteiger charge is 2.30. The Morgan fingerprint density at radius 2 is 1.71 bits per heavy atom. The number of carboxylic acid groups (broad SMARTS) is 1. The second kappa shape index (κ2) is 9.30. The molecule has 0 spiro atoms. The summed E-state index contributed by atoms with van der Waals surface area (Å²) in [5.74, 6) is -1.61. The van der Waals surface area contributed by atoms with Crippen LogP contribution >= 0.6 is 23.2 Å². The van der Waals surface area contributed by atoms with Gasteiger partial charge in [0.2, 0.25) is 5.91 Å². The van der Waals surface area contributed by atoms with Crippen LogP contribution in [-0.4, -0.2) is 23.0 Å². The quantitative estimate of drug-likeness (QED) is 0.661. The Balaban J connectivity index is 2.07. The summed E-state index contributed by atoms with van der Waals surface area (Å²) < 4.78 is 37.9.